The molecule has 3 heteroatoms. The Balaban J connectivity index is 2.74. The van der Waals surface area contributed by atoms with Gasteiger partial charge < -0.3 is 0 Å². The van der Waals surface area contributed by atoms with E-state index in [4.69, 9.17) is 11.6 Å². The van der Waals surface area contributed by atoms with Crippen LogP contribution in [0.4, 0.5) is 0 Å². The lowest BCUT2D eigenvalue weighted by Gasteiger charge is -2.20. The lowest BCUT2D eigenvalue weighted by Crippen LogP contribution is -2.17. The van der Waals surface area contributed by atoms with Gasteiger partial charge in [0.1, 0.15) is 0 Å². The normalized spacial score (nSPS) is 11.7. The predicted octanol–water partition coefficient (Wildman–Crippen LogP) is 3.70. The zero-order valence-electron chi connectivity index (χ0n) is 7.85. The summed E-state index contributed by atoms with van der Waals surface area (Å²) in [5.74, 6) is 0. The van der Waals surface area contributed by atoms with Crippen LogP contribution in [0.25, 0.3) is 0 Å². The molecular weight excluding hydrogens is 249 g/mol. The van der Waals surface area contributed by atoms with Gasteiger partial charge in [0.25, 0.3) is 0 Å². The van der Waals surface area contributed by atoms with Crippen molar-refractivity contribution in [1.82, 2.24) is 4.98 Å². The minimum absolute atomic E-state index is 0.234. The topological polar surface area (TPSA) is 12.9 Å². The Bertz CT molecular complexity index is 286. The Morgan fingerprint density at radius 1 is 1.54 bits per heavy atom. The van der Waals surface area contributed by atoms with Crippen LogP contribution in [-0.4, -0.2) is 10.3 Å². The highest BCUT2D eigenvalue weighted by molar-refractivity contribution is 9.09. The zero-order valence-corrected chi connectivity index (χ0v) is 10.2. The summed E-state index contributed by atoms with van der Waals surface area (Å²) in [5, 5.41) is 1.73. The van der Waals surface area contributed by atoms with Crippen LogP contribution in [0, 0.1) is 5.41 Å². The molecule has 1 aromatic heterocycles. The fourth-order valence-corrected chi connectivity index (χ4v) is 1.46. The highest BCUT2D eigenvalue weighted by atomic mass is 79.9. The minimum atomic E-state index is 0.234. The van der Waals surface area contributed by atoms with Gasteiger partial charge in [-0.2, -0.15) is 0 Å². The lowest BCUT2D eigenvalue weighted by molar-refractivity contribution is 0.420. The number of hydrogen-bond donors (Lipinski definition) is 0. The van der Waals surface area contributed by atoms with Gasteiger partial charge in [-0.3, -0.25) is 4.98 Å². The Labute approximate surface area is 92.6 Å². The van der Waals surface area contributed by atoms with E-state index in [0.29, 0.717) is 0 Å². The quantitative estimate of drug-likeness (QED) is 0.757. The molecule has 1 aromatic rings. The fourth-order valence-electron chi connectivity index (χ4n) is 1.08. The third-order valence-corrected chi connectivity index (χ3v) is 3.55. The van der Waals surface area contributed by atoms with Crippen molar-refractivity contribution in [3.63, 3.8) is 0 Å². The first-order valence-electron chi connectivity index (χ1n) is 4.20. The Kier molecular flexibility index (Phi) is 3.74. The van der Waals surface area contributed by atoms with Gasteiger partial charge in [-0.1, -0.05) is 41.4 Å². The highest BCUT2D eigenvalue weighted by Gasteiger charge is 2.17. The van der Waals surface area contributed by atoms with E-state index >= 15 is 0 Å². The molecule has 1 rings (SSSR count). The molecule has 0 aliphatic carbocycles. The van der Waals surface area contributed by atoms with E-state index in [1.165, 1.54) is 0 Å². The van der Waals surface area contributed by atoms with E-state index in [2.05, 4.69) is 34.8 Å². The van der Waals surface area contributed by atoms with Gasteiger partial charge >= 0.3 is 0 Å². The van der Waals surface area contributed by atoms with Crippen LogP contribution >= 0.6 is 27.5 Å². The van der Waals surface area contributed by atoms with E-state index in [0.717, 1.165) is 22.5 Å². The van der Waals surface area contributed by atoms with Gasteiger partial charge in [-0.05, 0) is 24.0 Å². The minimum Gasteiger partial charge on any atom is -0.261 e. The molecular formula is C10H13BrClN. The second kappa shape index (κ2) is 4.43. The smallest absolute Gasteiger partial charge is 0.0439 e. The molecule has 1 heterocycles. The zero-order chi connectivity index (χ0) is 9.90. The molecule has 0 spiro atoms. The summed E-state index contributed by atoms with van der Waals surface area (Å²) in [5.41, 5.74) is 1.29. The van der Waals surface area contributed by atoms with Crippen LogP contribution in [0.2, 0.25) is 5.02 Å². The molecule has 0 bridgehead atoms. The monoisotopic (exact) mass is 261 g/mol. The van der Waals surface area contributed by atoms with Crippen LogP contribution in [0.1, 0.15) is 19.5 Å². The molecule has 0 fully saturated rings. The molecule has 0 saturated carbocycles. The largest absolute Gasteiger partial charge is 0.261 e. The van der Waals surface area contributed by atoms with E-state index in [1.807, 2.05) is 6.07 Å². The third-order valence-electron chi connectivity index (χ3n) is 1.80. The van der Waals surface area contributed by atoms with Crippen molar-refractivity contribution in [2.24, 2.45) is 5.41 Å². The van der Waals surface area contributed by atoms with Crippen molar-refractivity contribution in [3.05, 3.63) is 29.0 Å². The maximum absolute atomic E-state index is 5.87. The van der Waals surface area contributed by atoms with Crippen molar-refractivity contribution < 1.29 is 0 Å². The van der Waals surface area contributed by atoms with Gasteiger partial charge in [0.05, 0.1) is 0 Å². The van der Waals surface area contributed by atoms with Gasteiger partial charge in [0, 0.05) is 22.2 Å². The maximum Gasteiger partial charge on any atom is 0.0439 e. The third kappa shape index (κ3) is 3.65. The molecule has 0 saturated heterocycles. The number of nitrogens with zero attached hydrogens (tertiary/aromatic N) is 1. The molecule has 0 aliphatic rings. The fraction of sp³-hybridized carbons (Fsp3) is 0.500. The predicted molar refractivity (Wildman–Crippen MR) is 60.5 cm³/mol. The first kappa shape index (κ1) is 11.0. The Morgan fingerprint density at radius 3 is 2.77 bits per heavy atom. The molecule has 72 valence electrons. The molecule has 13 heavy (non-hydrogen) atoms. The van der Waals surface area contributed by atoms with Crippen LogP contribution in [0.3, 0.4) is 0 Å². The van der Waals surface area contributed by atoms with Crippen molar-refractivity contribution in [3.8, 4) is 0 Å². The molecule has 0 amide bonds. The molecule has 0 radical (unpaired) electrons. The van der Waals surface area contributed by atoms with Crippen molar-refractivity contribution in [1.29, 1.82) is 0 Å². The van der Waals surface area contributed by atoms with Crippen LogP contribution in [0.15, 0.2) is 18.3 Å². The summed E-state index contributed by atoms with van der Waals surface area (Å²) in [6.45, 7) is 4.40. The summed E-state index contributed by atoms with van der Waals surface area (Å²) >= 11 is 9.35. The summed E-state index contributed by atoms with van der Waals surface area (Å²) in [4.78, 5) is 4.27. The molecule has 1 nitrogen and oxygen atoms in total. The molecule has 0 N–H and O–H groups in total. The number of halogens is 2. The Hall–Kier alpha value is -0.0800. The average molecular weight is 263 g/mol. The standard InChI is InChI=1S/C10H13BrClN/c1-10(2,7-11)6-9-5-8(12)3-4-13-9/h3-5H,6-7H2,1-2H3. The average Bonchev–Trinajstić information content (AvgIpc) is 2.03. The molecule has 0 atom stereocenters. The number of hydrogen-bond acceptors (Lipinski definition) is 1. The van der Waals surface area contributed by atoms with Crippen molar-refractivity contribution in [2.45, 2.75) is 20.3 Å². The summed E-state index contributed by atoms with van der Waals surface area (Å²) in [6.07, 6.45) is 2.70. The summed E-state index contributed by atoms with van der Waals surface area (Å²) < 4.78 is 0. The molecule has 0 aromatic carbocycles. The van der Waals surface area contributed by atoms with E-state index < -0.39 is 0 Å². The number of pyridine rings is 1. The van der Waals surface area contributed by atoms with Crippen LogP contribution in [-0.2, 0) is 6.42 Å². The van der Waals surface area contributed by atoms with Gasteiger partial charge in [-0.15, -0.1) is 0 Å². The summed E-state index contributed by atoms with van der Waals surface area (Å²) in [6, 6.07) is 3.72. The summed E-state index contributed by atoms with van der Waals surface area (Å²) in [7, 11) is 0. The van der Waals surface area contributed by atoms with Gasteiger partial charge in [-0.25, -0.2) is 0 Å². The number of rotatable bonds is 3. The van der Waals surface area contributed by atoms with E-state index in [9.17, 15) is 0 Å². The number of aromatic nitrogens is 1. The van der Waals surface area contributed by atoms with E-state index in [1.54, 1.807) is 12.3 Å². The first-order chi connectivity index (χ1) is 6.03. The van der Waals surface area contributed by atoms with Crippen LogP contribution in [0.5, 0.6) is 0 Å². The second-order valence-electron chi connectivity index (χ2n) is 3.94. The lowest BCUT2D eigenvalue weighted by atomic mass is 9.90. The Morgan fingerprint density at radius 2 is 2.23 bits per heavy atom. The van der Waals surface area contributed by atoms with Gasteiger partial charge in [0.15, 0.2) is 0 Å². The van der Waals surface area contributed by atoms with E-state index in [-0.39, 0.29) is 5.41 Å². The van der Waals surface area contributed by atoms with Gasteiger partial charge in [0.2, 0.25) is 0 Å². The number of alkyl halides is 1. The van der Waals surface area contributed by atoms with Crippen molar-refractivity contribution >= 4 is 27.5 Å². The molecule has 0 unspecified atom stereocenters. The first-order valence-corrected chi connectivity index (χ1v) is 5.70. The SMILES string of the molecule is CC(C)(CBr)Cc1cc(Cl)ccn1. The second-order valence-corrected chi connectivity index (χ2v) is 4.94. The van der Waals surface area contributed by atoms with Crippen molar-refractivity contribution in [2.75, 3.05) is 5.33 Å². The molecule has 0 aliphatic heterocycles. The maximum atomic E-state index is 5.87. The highest BCUT2D eigenvalue weighted by Crippen LogP contribution is 2.23. The van der Waals surface area contributed by atoms with Crippen LogP contribution < -0.4 is 0 Å².